The Hall–Kier alpha value is -1.53. The van der Waals surface area contributed by atoms with Gasteiger partial charge in [0.2, 0.25) is 5.91 Å². The van der Waals surface area contributed by atoms with Crippen molar-refractivity contribution in [2.45, 2.75) is 81.9 Å². The number of benzene rings is 1. The van der Waals surface area contributed by atoms with Crippen LogP contribution in [0.15, 0.2) is 24.3 Å². The lowest BCUT2D eigenvalue weighted by Crippen LogP contribution is -2.52. The highest BCUT2D eigenvalue weighted by Crippen LogP contribution is 2.42. The minimum absolute atomic E-state index is 0.0427. The van der Waals surface area contributed by atoms with E-state index in [2.05, 4.69) is 24.1 Å². The summed E-state index contributed by atoms with van der Waals surface area (Å²) in [4.78, 5) is 15.6. The molecule has 0 spiro atoms. The summed E-state index contributed by atoms with van der Waals surface area (Å²) in [7, 11) is 0. The second-order valence-electron chi connectivity index (χ2n) is 10.9. The van der Waals surface area contributed by atoms with Crippen molar-refractivity contribution in [3.63, 3.8) is 0 Å². The second kappa shape index (κ2) is 9.38. The maximum Gasteiger partial charge on any atom is 0.230 e. The van der Waals surface area contributed by atoms with Crippen molar-refractivity contribution in [3.05, 3.63) is 35.6 Å². The number of piperidine rings is 1. The Morgan fingerprint density at radius 2 is 1.91 bits per heavy atom. The number of nitrogens with zero attached hydrogens (tertiary/aromatic N) is 1. The van der Waals surface area contributed by atoms with E-state index in [0.717, 1.165) is 57.5 Å². The lowest BCUT2D eigenvalue weighted by atomic mass is 9.77. The van der Waals surface area contributed by atoms with Gasteiger partial charge in [0.25, 0.3) is 0 Å². The van der Waals surface area contributed by atoms with Crippen molar-refractivity contribution in [1.82, 2.24) is 10.2 Å². The fourth-order valence-corrected chi connectivity index (χ4v) is 6.01. The monoisotopic (exact) mass is 448 g/mol. The van der Waals surface area contributed by atoms with E-state index >= 15 is 4.39 Å². The smallest absolute Gasteiger partial charge is 0.230 e. The molecular formula is C26H38F2N2O2. The van der Waals surface area contributed by atoms with Crippen molar-refractivity contribution in [1.29, 1.82) is 0 Å². The molecule has 2 heterocycles. The van der Waals surface area contributed by atoms with E-state index in [4.69, 9.17) is 4.74 Å². The molecule has 1 amide bonds. The third-order valence-corrected chi connectivity index (χ3v) is 7.90. The van der Waals surface area contributed by atoms with Crippen molar-refractivity contribution < 1.29 is 18.3 Å². The number of rotatable bonds is 6. The normalized spacial score (nSPS) is 27.2. The Kier molecular flexibility index (Phi) is 6.92. The average molecular weight is 449 g/mol. The average Bonchev–Trinajstić information content (AvgIpc) is 3.25. The first-order valence-corrected chi connectivity index (χ1v) is 12.3. The summed E-state index contributed by atoms with van der Waals surface area (Å²) in [6.45, 7) is 7.58. The largest absolute Gasteiger partial charge is 0.376 e. The first-order chi connectivity index (χ1) is 15.2. The summed E-state index contributed by atoms with van der Waals surface area (Å²) in [6.07, 6.45) is 6.24. The molecular weight excluding hydrogens is 410 g/mol. The summed E-state index contributed by atoms with van der Waals surface area (Å²) >= 11 is 0. The van der Waals surface area contributed by atoms with Crippen LogP contribution in [0.4, 0.5) is 8.78 Å². The Labute approximate surface area is 191 Å². The van der Waals surface area contributed by atoms with Crippen LogP contribution >= 0.6 is 0 Å². The highest BCUT2D eigenvalue weighted by atomic mass is 19.1. The lowest BCUT2D eigenvalue weighted by Gasteiger charge is -2.41. The minimum Gasteiger partial charge on any atom is -0.376 e. The fourth-order valence-electron chi connectivity index (χ4n) is 6.01. The number of halogens is 2. The Morgan fingerprint density at radius 1 is 1.19 bits per heavy atom. The van der Waals surface area contributed by atoms with E-state index in [9.17, 15) is 9.18 Å². The van der Waals surface area contributed by atoms with Gasteiger partial charge in [-0.05, 0) is 76.0 Å². The zero-order chi connectivity index (χ0) is 22.8. The van der Waals surface area contributed by atoms with E-state index in [0.29, 0.717) is 31.6 Å². The quantitative estimate of drug-likeness (QED) is 0.682. The number of ether oxygens (including phenoxy) is 1. The molecule has 1 atom stereocenters. The summed E-state index contributed by atoms with van der Waals surface area (Å²) in [5, 5.41) is 2.93. The van der Waals surface area contributed by atoms with Crippen molar-refractivity contribution >= 4 is 5.91 Å². The molecule has 0 bridgehead atoms. The number of likely N-dealkylation sites (tertiary alicyclic amines) is 1. The second-order valence-corrected chi connectivity index (χ2v) is 10.9. The number of hydrogen-bond donors (Lipinski definition) is 1. The number of carbonyl (C=O) groups is 1. The molecule has 32 heavy (non-hydrogen) atoms. The maximum absolute atomic E-state index is 15.6. The predicted octanol–water partition coefficient (Wildman–Crippen LogP) is 4.76. The Bertz CT molecular complexity index is 799. The number of alkyl halides is 1. The standard InChI is InChI=1S/C26H38F2N2O2/c1-24(2)17-20(8-15-32-24)18-30-13-11-25(28,12-14-30)19-29-23(31)26(9-3-4-10-26)21-6-5-7-22(27)16-21/h5-7,16,20H,3-4,8-15,17-19H2,1-2H3,(H,29,31). The topological polar surface area (TPSA) is 41.6 Å². The Morgan fingerprint density at radius 3 is 2.56 bits per heavy atom. The third-order valence-electron chi connectivity index (χ3n) is 7.90. The molecule has 2 aliphatic heterocycles. The van der Waals surface area contributed by atoms with Crippen LogP contribution in [-0.2, 0) is 14.9 Å². The van der Waals surface area contributed by atoms with Crippen LogP contribution in [0.25, 0.3) is 0 Å². The zero-order valence-corrected chi connectivity index (χ0v) is 19.6. The number of carbonyl (C=O) groups excluding carboxylic acids is 1. The van der Waals surface area contributed by atoms with Gasteiger partial charge in [0.15, 0.2) is 0 Å². The highest BCUT2D eigenvalue weighted by Gasteiger charge is 2.44. The summed E-state index contributed by atoms with van der Waals surface area (Å²) in [6, 6.07) is 6.35. The van der Waals surface area contributed by atoms with Gasteiger partial charge in [0.05, 0.1) is 17.6 Å². The maximum atomic E-state index is 15.6. The molecule has 3 aliphatic rings. The van der Waals surface area contributed by atoms with E-state index in [1.54, 1.807) is 6.07 Å². The van der Waals surface area contributed by atoms with Crippen LogP contribution in [-0.4, -0.2) is 54.9 Å². The summed E-state index contributed by atoms with van der Waals surface area (Å²) < 4.78 is 35.2. The lowest BCUT2D eigenvalue weighted by molar-refractivity contribution is -0.127. The summed E-state index contributed by atoms with van der Waals surface area (Å²) in [5.74, 6) is 0.118. The van der Waals surface area contributed by atoms with Gasteiger partial charge in [0.1, 0.15) is 11.5 Å². The van der Waals surface area contributed by atoms with Crippen LogP contribution in [0.5, 0.6) is 0 Å². The number of nitrogens with one attached hydrogen (secondary N) is 1. The molecule has 4 nitrogen and oxygen atoms in total. The molecule has 0 aromatic heterocycles. The molecule has 3 fully saturated rings. The van der Waals surface area contributed by atoms with E-state index in [1.165, 1.54) is 12.1 Å². The summed E-state index contributed by atoms with van der Waals surface area (Å²) in [5.41, 5.74) is -1.45. The molecule has 1 aliphatic carbocycles. The molecule has 1 unspecified atom stereocenters. The molecule has 1 aromatic carbocycles. The van der Waals surface area contributed by atoms with Gasteiger partial charge in [-0.3, -0.25) is 4.79 Å². The zero-order valence-electron chi connectivity index (χ0n) is 19.6. The molecule has 1 saturated carbocycles. The highest BCUT2D eigenvalue weighted by molar-refractivity contribution is 5.88. The fraction of sp³-hybridized carbons (Fsp3) is 0.731. The van der Waals surface area contributed by atoms with Crippen LogP contribution in [0.2, 0.25) is 0 Å². The minimum atomic E-state index is -1.37. The van der Waals surface area contributed by atoms with Crippen molar-refractivity contribution in [2.75, 3.05) is 32.8 Å². The van der Waals surface area contributed by atoms with Crippen molar-refractivity contribution in [2.24, 2.45) is 5.92 Å². The van der Waals surface area contributed by atoms with Crippen LogP contribution < -0.4 is 5.32 Å². The first-order valence-electron chi connectivity index (χ1n) is 12.3. The molecule has 2 saturated heterocycles. The molecule has 1 N–H and O–H groups in total. The third kappa shape index (κ3) is 5.33. The van der Waals surface area contributed by atoms with E-state index < -0.39 is 11.1 Å². The molecule has 4 rings (SSSR count). The molecule has 0 radical (unpaired) electrons. The first kappa shape index (κ1) is 23.6. The van der Waals surface area contributed by atoms with Gasteiger partial charge in [0, 0.05) is 26.2 Å². The Balaban J connectivity index is 1.30. The van der Waals surface area contributed by atoms with Crippen LogP contribution in [0, 0.1) is 11.7 Å². The van der Waals surface area contributed by atoms with Gasteiger partial charge in [-0.15, -0.1) is 0 Å². The molecule has 1 aromatic rings. The van der Waals surface area contributed by atoms with Gasteiger partial charge in [-0.25, -0.2) is 8.78 Å². The van der Waals surface area contributed by atoms with Gasteiger partial charge in [-0.1, -0.05) is 25.0 Å². The number of hydrogen-bond acceptors (Lipinski definition) is 3. The van der Waals surface area contributed by atoms with Gasteiger partial charge in [-0.2, -0.15) is 0 Å². The van der Waals surface area contributed by atoms with Gasteiger partial charge < -0.3 is 15.0 Å². The van der Waals surface area contributed by atoms with E-state index in [1.807, 2.05) is 6.07 Å². The number of amides is 1. The van der Waals surface area contributed by atoms with Crippen LogP contribution in [0.1, 0.15) is 70.8 Å². The SMILES string of the molecule is CC1(C)CC(CN2CCC(F)(CNC(=O)C3(c4cccc(F)c4)CCCC3)CC2)CCO1. The molecule has 178 valence electrons. The molecule has 6 heteroatoms. The van der Waals surface area contributed by atoms with Crippen molar-refractivity contribution in [3.8, 4) is 0 Å². The van der Waals surface area contributed by atoms with Crippen LogP contribution in [0.3, 0.4) is 0 Å². The van der Waals surface area contributed by atoms with E-state index in [-0.39, 0.29) is 23.9 Å². The van der Waals surface area contributed by atoms with Gasteiger partial charge >= 0.3 is 0 Å². The predicted molar refractivity (Wildman–Crippen MR) is 122 cm³/mol.